The summed E-state index contributed by atoms with van der Waals surface area (Å²) >= 11 is 3.43. The van der Waals surface area contributed by atoms with Gasteiger partial charge in [0, 0.05) is 10.2 Å². The summed E-state index contributed by atoms with van der Waals surface area (Å²) in [5.74, 6) is 0.818. The smallest absolute Gasteiger partial charge is 0.125 e. The van der Waals surface area contributed by atoms with Crippen molar-refractivity contribution < 1.29 is 0 Å². The number of nitriles is 1. The van der Waals surface area contributed by atoms with Crippen LogP contribution in [-0.2, 0) is 0 Å². The second kappa shape index (κ2) is 6.43. The Labute approximate surface area is 124 Å². The highest BCUT2D eigenvalue weighted by Crippen LogP contribution is 2.36. The molecule has 0 spiro atoms. The van der Waals surface area contributed by atoms with Crippen molar-refractivity contribution in [2.24, 2.45) is 5.92 Å². The maximum Gasteiger partial charge on any atom is 0.125 e. The Kier molecular flexibility index (Phi) is 4.87. The monoisotopic (exact) mass is 320 g/mol. The standard InChI is InChI=1S/C16H21BrN2/c1-2-3-13-8-10-16(12-18,11-9-13)19-15-6-4-14(17)5-7-15/h4-7,13,19H,2-3,8-11H2,1H3. The minimum absolute atomic E-state index is 0.363. The number of nitrogens with one attached hydrogen (secondary N) is 1. The van der Waals surface area contributed by atoms with Gasteiger partial charge in [0.1, 0.15) is 5.54 Å². The topological polar surface area (TPSA) is 35.8 Å². The Balaban J connectivity index is 2.01. The summed E-state index contributed by atoms with van der Waals surface area (Å²) in [6, 6.07) is 10.6. The van der Waals surface area contributed by atoms with Crippen LogP contribution in [0.2, 0.25) is 0 Å². The molecular formula is C16H21BrN2. The van der Waals surface area contributed by atoms with E-state index >= 15 is 0 Å². The maximum absolute atomic E-state index is 9.55. The zero-order chi connectivity index (χ0) is 13.7. The van der Waals surface area contributed by atoms with Gasteiger partial charge in [-0.15, -0.1) is 0 Å². The third kappa shape index (κ3) is 3.73. The highest BCUT2D eigenvalue weighted by Gasteiger charge is 2.35. The van der Waals surface area contributed by atoms with E-state index in [0.717, 1.165) is 28.9 Å². The zero-order valence-corrected chi connectivity index (χ0v) is 13.0. The average molecular weight is 321 g/mol. The molecule has 0 unspecified atom stereocenters. The van der Waals surface area contributed by atoms with E-state index in [4.69, 9.17) is 0 Å². The molecule has 1 saturated carbocycles. The van der Waals surface area contributed by atoms with Gasteiger partial charge in [0.25, 0.3) is 0 Å². The van der Waals surface area contributed by atoms with Crippen molar-refractivity contribution in [2.45, 2.75) is 51.0 Å². The molecule has 0 amide bonds. The lowest BCUT2D eigenvalue weighted by Gasteiger charge is -2.36. The number of anilines is 1. The van der Waals surface area contributed by atoms with E-state index in [9.17, 15) is 5.26 Å². The molecule has 3 heteroatoms. The first kappa shape index (κ1) is 14.4. The minimum atomic E-state index is -0.363. The van der Waals surface area contributed by atoms with Crippen molar-refractivity contribution in [3.63, 3.8) is 0 Å². The van der Waals surface area contributed by atoms with E-state index < -0.39 is 0 Å². The van der Waals surface area contributed by atoms with Crippen LogP contribution in [0.25, 0.3) is 0 Å². The largest absolute Gasteiger partial charge is 0.367 e. The van der Waals surface area contributed by atoms with Crippen LogP contribution in [0.3, 0.4) is 0 Å². The fraction of sp³-hybridized carbons (Fsp3) is 0.562. The van der Waals surface area contributed by atoms with E-state index in [2.05, 4.69) is 34.2 Å². The molecule has 0 radical (unpaired) electrons. The molecule has 0 bridgehead atoms. The summed E-state index contributed by atoms with van der Waals surface area (Å²) in [5, 5.41) is 13.0. The van der Waals surface area contributed by atoms with Gasteiger partial charge in [-0.3, -0.25) is 0 Å². The third-order valence-corrected chi connectivity index (χ3v) is 4.63. The van der Waals surface area contributed by atoms with Crippen LogP contribution in [0.4, 0.5) is 5.69 Å². The molecule has 19 heavy (non-hydrogen) atoms. The fourth-order valence-electron chi connectivity index (χ4n) is 2.94. The van der Waals surface area contributed by atoms with Crippen molar-refractivity contribution in [2.75, 3.05) is 5.32 Å². The molecule has 0 aromatic heterocycles. The Morgan fingerprint density at radius 1 is 1.32 bits per heavy atom. The van der Waals surface area contributed by atoms with Gasteiger partial charge in [-0.2, -0.15) is 5.26 Å². The summed E-state index contributed by atoms with van der Waals surface area (Å²) in [7, 11) is 0. The lowest BCUT2D eigenvalue weighted by atomic mass is 9.75. The summed E-state index contributed by atoms with van der Waals surface area (Å²) in [6.45, 7) is 2.24. The van der Waals surface area contributed by atoms with Crippen LogP contribution in [0, 0.1) is 17.2 Å². The number of hydrogen-bond acceptors (Lipinski definition) is 2. The summed E-state index contributed by atoms with van der Waals surface area (Å²) < 4.78 is 1.07. The molecule has 1 aliphatic carbocycles. The summed E-state index contributed by atoms with van der Waals surface area (Å²) in [6.07, 6.45) is 6.83. The molecule has 1 aliphatic rings. The normalized spacial score (nSPS) is 26.7. The predicted molar refractivity (Wildman–Crippen MR) is 83.0 cm³/mol. The number of nitrogens with zero attached hydrogens (tertiary/aromatic N) is 1. The second-order valence-corrected chi connectivity index (χ2v) is 6.47. The molecule has 0 heterocycles. The second-order valence-electron chi connectivity index (χ2n) is 5.56. The van der Waals surface area contributed by atoms with Crippen molar-refractivity contribution in [3.05, 3.63) is 28.7 Å². The quantitative estimate of drug-likeness (QED) is 0.836. The Bertz CT molecular complexity index is 439. The Hall–Kier alpha value is -1.01. The molecular weight excluding hydrogens is 300 g/mol. The summed E-state index contributed by atoms with van der Waals surface area (Å²) in [5.41, 5.74) is 0.677. The SMILES string of the molecule is CCCC1CCC(C#N)(Nc2ccc(Br)cc2)CC1. The van der Waals surface area contributed by atoms with Crippen LogP contribution in [-0.4, -0.2) is 5.54 Å². The fourth-order valence-corrected chi connectivity index (χ4v) is 3.21. The van der Waals surface area contributed by atoms with Gasteiger partial charge in [0.15, 0.2) is 0 Å². The van der Waals surface area contributed by atoms with Crippen LogP contribution in [0.1, 0.15) is 45.4 Å². The van der Waals surface area contributed by atoms with E-state index in [1.165, 1.54) is 25.7 Å². The van der Waals surface area contributed by atoms with Gasteiger partial charge in [-0.05, 0) is 55.9 Å². The lowest BCUT2D eigenvalue weighted by molar-refractivity contribution is 0.282. The van der Waals surface area contributed by atoms with E-state index in [1.807, 2.05) is 24.3 Å². The van der Waals surface area contributed by atoms with Crippen LogP contribution >= 0.6 is 15.9 Å². The molecule has 102 valence electrons. The van der Waals surface area contributed by atoms with Crippen molar-refractivity contribution >= 4 is 21.6 Å². The number of halogens is 1. The first-order chi connectivity index (χ1) is 9.17. The Morgan fingerprint density at radius 3 is 2.47 bits per heavy atom. The van der Waals surface area contributed by atoms with Gasteiger partial charge in [0.05, 0.1) is 6.07 Å². The molecule has 2 nitrogen and oxygen atoms in total. The van der Waals surface area contributed by atoms with Crippen molar-refractivity contribution in [1.82, 2.24) is 0 Å². The van der Waals surface area contributed by atoms with Gasteiger partial charge < -0.3 is 5.32 Å². The minimum Gasteiger partial charge on any atom is -0.367 e. The predicted octanol–water partition coefficient (Wildman–Crippen LogP) is 5.11. The van der Waals surface area contributed by atoms with Crippen LogP contribution in [0.15, 0.2) is 28.7 Å². The number of benzene rings is 1. The first-order valence-electron chi connectivity index (χ1n) is 7.12. The van der Waals surface area contributed by atoms with Crippen molar-refractivity contribution in [1.29, 1.82) is 5.26 Å². The first-order valence-corrected chi connectivity index (χ1v) is 7.92. The molecule has 1 aromatic carbocycles. The van der Waals surface area contributed by atoms with Crippen molar-refractivity contribution in [3.8, 4) is 6.07 Å². The van der Waals surface area contributed by atoms with Gasteiger partial charge >= 0.3 is 0 Å². The molecule has 0 atom stereocenters. The van der Waals surface area contributed by atoms with Crippen LogP contribution in [0.5, 0.6) is 0 Å². The third-order valence-electron chi connectivity index (χ3n) is 4.10. The van der Waals surface area contributed by atoms with E-state index in [-0.39, 0.29) is 5.54 Å². The molecule has 1 fully saturated rings. The van der Waals surface area contributed by atoms with E-state index in [1.54, 1.807) is 0 Å². The van der Waals surface area contributed by atoms with Crippen LogP contribution < -0.4 is 5.32 Å². The Morgan fingerprint density at radius 2 is 1.95 bits per heavy atom. The molecule has 0 saturated heterocycles. The summed E-state index contributed by atoms with van der Waals surface area (Å²) in [4.78, 5) is 0. The highest BCUT2D eigenvalue weighted by atomic mass is 79.9. The molecule has 1 N–H and O–H groups in total. The maximum atomic E-state index is 9.55. The van der Waals surface area contributed by atoms with Gasteiger partial charge in [-0.1, -0.05) is 35.7 Å². The molecule has 1 aromatic rings. The number of hydrogen-bond donors (Lipinski definition) is 1. The molecule has 0 aliphatic heterocycles. The van der Waals surface area contributed by atoms with Gasteiger partial charge in [-0.25, -0.2) is 0 Å². The zero-order valence-electron chi connectivity index (χ0n) is 11.5. The highest BCUT2D eigenvalue weighted by molar-refractivity contribution is 9.10. The van der Waals surface area contributed by atoms with E-state index in [0.29, 0.717) is 0 Å². The van der Waals surface area contributed by atoms with Gasteiger partial charge in [0.2, 0.25) is 0 Å². The average Bonchev–Trinajstić information content (AvgIpc) is 2.44. The number of rotatable bonds is 4. The lowest BCUT2D eigenvalue weighted by Crippen LogP contribution is -2.40. The molecule has 2 rings (SSSR count).